The summed E-state index contributed by atoms with van der Waals surface area (Å²) in [4.78, 5) is 0. The van der Waals surface area contributed by atoms with Crippen LogP contribution in [-0.4, -0.2) is 0 Å². The topological polar surface area (TPSA) is 35.2 Å². The largest absolute Gasteiger partial charge is 0.456 e. The summed E-state index contributed by atoms with van der Waals surface area (Å²) in [7, 11) is 0. The van der Waals surface area contributed by atoms with E-state index in [1.165, 1.54) is 18.2 Å². The average molecular weight is 345 g/mol. The number of ether oxygens (including phenoxy) is 1. The maximum atomic E-state index is 13.0. The van der Waals surface area contributed by atoms with Crippen LogP contribution in [0.25, 0.3) is 0 Å². The van der Waals surface area contributed by atoms with Gasteiger partial charge in [0, 0.05) is 12.1 Å². The fourth-order valence-electron chi connectivity index (χ4n) is 1.55. The van der Waals surface area contributed by atoms with E-state index in [-0.39, 0.29) is 11.1 Å². The minimum absolute atomic E-state index is 0.0285. The minimum atomic E-state index is -0.472. The fourth-order valence-corrected chi connectivity index (χ4v) is 2.20. The predicted octanol–water partition coefficient (Wildman–Crippen LogP) is 5.05. The Hall–Kier alpha value is -1.10. The Morgan fingerprint density at radius 1 is 1.26 bits per heavy atom. The van der Waals surface area contributed by atoms with Crippen LogP contribution in [0.5, 0.6) is 11.5 Å². The van der Waals surface area contributed by atoms with Gasteiger partial charge in [-0.3, -0.25) is 0 Å². The molecule has 0 saturated heterocycles. The van der Waals surface area contributed by atoms with Crippen LogP contribution in [0.1, 0.15) is 18.5 Å². The molecule has 0 unspecified atom stereocenters. The number of rotatable bonds is 3. The molecule has 19 heavy (non-hydrogen) atoms. The average Bonchev–Trinajstić information content (AvgIpc) is 2.36. The van der Waals surface area contributed by atoms with Crippen LogP contribution in [0.2, 0.25) is 5.02 Å². The van der Waals surface area contributed by atoms with Gasteiger partial charge in [0.25, 0.3) is 0 Å². The van der Waals surface area contributed by atoms with Gasteiger partial charge in [-0.25, -0.2) is 4.39 Å². The van der Waals surface area contributed by atoms with Gasteiger partial charge in [0.1, 0.15) is 17.3 Å². The van der Waals surface area contributed by atoms with E-state index in [1.807, 2.05) is 19.1 Å². The first kappa shape index (κ1) is 14.3. The third kappa shape index (κ3) is 3.47. The molecule has 0 aliphatic carbocycles. The predicted molar refractivity (Wildman–Crippen MR) is 78.2 cm³/mol. The van der Waals surface area contributed by atoms with Gasteiger partial charge in [0.15, 0.2) is 0 Å². The summed E-state index contributed by atoms with van der Waals surface area (Å²) in [6, 6.07) is 9.75. The highest BCUT2D eigenvalue weighted by Gasteiger charge is 2.08. The number of halogens is 3. The first-order valence-electron chi connectivity index (χ1n) is 5.65. The Bertz CT molecular complexity index is 604. The van der Waals surface area contributed by atoms with Crippen LogP contribution in [-0.2, 0) is 0 Å². The molecule has 0 radical (unpaired) electrons. The summed E-state index contributed by atoms with van der Waals surface area (Å²) < 4.78 is 19.5. The maximum absolute atomic E-state index is 13.0. The molecule has 0 spiro atoms. The Kier molecular flexibility index (Phi) is 4.45. The van der Waals surface area contributed by atoms with Crippen molar-refractivity contribution in [2.24, 2.45) is 5.73 Å². The van der Waals surface area contributed by atoms with Crippen LogP contribution in [0, 0.1) is 5.82 Å². The van der Waals surface area contributed by atoms with E-state index in [1.54, 1.807) is 6.07 Å². The zero-order valence-corrected chi connectivity index (χ0v) is 12.5. The van der Waals surface area contributed by atoms with Crippen molar-refractivity contribution in [2.75, 3.05) is 0 Å². The molecule has 2 aromatic carbocycles. The second kappa shape index (κ2) is 5.90. The van der Waals surface area contributed by atoms with E-state index in [0.717, 1.165) is 10.0 Å². The summed E-state index contributed by atoms with van der Waals surface area (Å²) in [6.07, 6.45) is 0. The molecule has 100 valence electrons. The highest BCUT2D eigenvalue weighted by Crippen LogP contribution is 2.33. The van der Waals surface area contributed by atoms with E-state index in [0.29, 0.717) is 11.5 Å². The number of nitrogens with two attached hydrogens (primary N) is 1. The summed E-state index contributed by atoms with van der Waals surface area (Å²) in [6.45, 7) is 1.90. The summed E-state index contributed by atoms with van der Waals surface area (Å²) in [5.74, 6) is 0.619. The Morgan fingerprint density at radius 2 is 2.00 bits per heavy atom. The van der Waals surface area contributed by atoms with E-state index >= 15 is 0 Å². The quantitative estimate of drug-likeness (QED) is 0.845. The lowest BCUT2D eigenvalue weighted by Crippen LogP contribution is -2.04. The van der Waals surface area contributed by atoms with Gasteiger partial charge in [-0.15, -0.1) is 0 Å². The monoisotopic (exact) mass is 343 g/mol. The molecule has 0 aromatic heterocycles. The molecule has 2 rings (SSSR count). The maximum Gasteiger partial charge on any atom is 0.142 e. The minimum Gasteiger partial charge on any atom is -0.456 e. The van der Waals surface area contributed by atoms with Gasteiger partial charge in [-0.1, -0.05) is 17.7 Å². The SMILES string of the molecule is C[C@H](N)c1ccc(Oc2ccc(F)c(Cl)c2)c(Br)c1. The van der Waals surface area contributed by atoms with Crippen LogP contribution in [0.3, 0.4) is 0 Å². The second-order valence-electron chi connectivity index (χ2n) is 4.16. The van der Waals surface area contributed by atoms with Crippen molar-refractivity contribution < 1.29 is 9.13 Å². The highest BCUT2D eigenvalue weighted by molar-refractivity contribution is 9.10. The fraction of sp³-hybridized carbons (Fsp3) is 0.143. The lowest BCUT2D eigenvalue weighted by molar-refractivity contribution is 0.477. The normalized spacial score (nSPS) is 12.3. The molecule has 1 atom stereocenters. The van der Waals surface area contributed by atoms with Gasteiger partial charge < -0.3 is 10.5 Å². The Labute approximate surface area is 124 Å². The van der Waals surface area contributed by atoms with Crippen molar-refractivity contribution in [3.05, 3.63) is 57.3 Å². The first-order chi connectivity index (χ1) is 8.97. The number of hydrogen-bond donors (Lipinski definition) is 1. The molecule has 0 amide bonds. The van der Waals surface area contributed by atoms with E-state index < -0.39 is 5.82 Å². The molecule has 0 bridgehead atoms. The Balaban J connectivity index is 2.25. The first-order valence-corrected chi connectivity index (χ1v) is 6.82. The molecule has 0 heterocycles. The van der Waals surface area contributed by atoms with Crippen LogP contribution >= 0.6 is 27.5 Å². The molecule has 5 heteroatoms. The molecule has 0 aliphatic heterocycles. The standard InChI is InChI=1S/C14H12BrClFNO/c1-8(18)9-2-5-14(11(15)6-9)19-10-3-4-13(17)12(16)7-10/h2-8H,18H2,1H3/t8-/m0/s1. The van der Waals surface area contributed by atoms with Crippen molar-refractivity contribution in [3.8, 4) is 11.5 Å². The zero-order valence-electron chi connectivity index (χ0n) is 10.2. The summed E-state index contributed by atoms with van der Waals surface area (Å²) >= 11 is 9.12. The summed E-state index contributed by atoms with van der Waals surface area (Å²) in [5, 5.41) is 0.0285. The third-order valence-corrected chi connectivity index (χ3v) is 3.51. The molecule has 2 aromatic rings. The smallest absolute Gasteiger partial charge is 0.142 e. The van der Waals surface area contributed by atoms with Crippen molar-refractivity contribution in [3.63, 3.8) is 0 Å². The van der Waals surface area contributed by atoms with Gasteiger partial charge in [-0.2, -0.15) is 0 Å². The van der Waals surface area contributed by atoms with Crippen molar-refractivity contribution in [1.29, 1.82) is 0 Å². The van der Waals surface area contributed by atoms with Crippen molar-refractivity contribution in [2.45, 2.75) is 13.0 Å². The molecule has 0 aliphatic rings. The van der Waals surface area contributed by atoms with E-state index in [4.69, 9.17) is 22.1 Å². The van der Waals surface area contributed by atoms with Crippen molar-refractivity contribution >= 4 is 27.5 Å². The molecule has 2 N–H and O–H groups in total. The zero-order chi connectivity index (χ0) is 14.0. The second-order valence-corrected chi connectivity index (χ2v) is 5.42. The molecular formula is C14H12BrClFNO. The lowest BCUT2D eigenvalue weighted by Gasteiger charge is -2.11. The van der Waals surface area contributed by atoms with Crippen LogP contribution < -0.4 is 10.5 Å². The van der Waals surface area contributed by atoms with Gasteiger partial charge in [0.05, 0.1) is 9.50 Å². The summed E-state index contributed by atoms with van der Waals surface area (Å²) in [5.41, 5.74) is 6.80. The Morgan fingerprint density at radius 3 is 2.58 bits per heavy atom. The molecule has 2 nitrogen and oxygen atoms in total. The molecular weight excluding hydrogens is 333 g/mol. The van der Waals surface area contributed by atoms with Gasteiger partial charge in [-0.05, 0) is 52.7 Å². The number of benzene rings is 2. The van der Waals surface area contributed by atoms with E-state index in [9.17, 15) is 4.39 Å². The molecule has 0 fully saturated rings. The lowest BCUT2D eigenvalue weighted by atomic mass is 10.1. The van der Waals surface area contributed by atoms with E-state index in [2.05, 4.69) is 15.9 Å². The third-order valence-electron chi connectivity index (χ3n) is 2.60. The van der Waals surface area contributed by atoms with Gasteiger partial charge in [0.2, 0.25) is 0 Å². The molecule has 0 saturated carbocycles. The van der Waals surface area contributed by atoms with Crippen LogP contribution in [0.15, 0.2) is 40.9 Å². The van der Waals surface area contributed by atoms with Gasteiger partial charge >= 0.3 is 0 Å². The van der Waals surface area contributed by atoms with Crippen molar-refractivity contribution in [1.82, 2.24) is 0 Å². The number of hydrogen-bond acceptors (Lipinski definition) is 2. The highest BCUT2D eigenvalue weighted by atomic mass is 79.9. The van der Waals surface area contributed by atoms with Crippen LogP contribution in [0.4, 0.5) is 4.39 Å².